The minimum atomic E-state index is -0.341. The SMILES string of the molecule is Nc1ccc(C(=O)NCC(=O)Nc2nc(-c3ccc4c(c3)CCO4)cs2)cc1. The van der Waals surface area contributed by atoms with Crippen molar-refractivity contribution in [3.05, 3.63) is 59.0 Å². The molecule has 2 aromatic carbocycles. The molecule has 1 aliphatic heterocycles. The number of thiazole rings is 1. The number of hydrogen-bond donors (Lipinski definition) is 3. The summed E-state index contributed by atoms with van der Waals surface area (Å²) in [5, 5.41) is 7.66. The van der Waals surface area contributed by atoms with Crippen LogP contribution in [0.25, 0.3) is 11.3 Å². The lowest BCUT2D eigenvalue weighted by molar-refractivity contribution is -0.115. The van der Waals surface area contributed by atoms with Crippen molar-refractivity contribution in [1.82, 2.24) is 10.3 Å². The van der Waals surface area contributed by atoms with E-state index in [-0.39, 0.29) is 18.4 Å². The van der Waals surface area contributed by atoms with Crippen LogP contribution in [0.5, 0.6) is 5.75 Å². The number of nitrogens with one attached hydrogen (secondary N) is 2. The molecule has 4 rings (SSSR count). The number of aromatic nitrogens is 1. The van der Waals surface area contributed by atoms with E-state index in [1.807, 2.05) is 17.5 Å². The Morgan fingerprint density at radius 1 is 1.18 bits per heavy atom. The predicted molar refractivity (Wildman–Crippen MR) is 109 cm³/mol. The standard InChI is InChI=1S/C20H18N4O3S/c21-15-4-1-12(2-5-15)19(26)22-10-18(25)24-20-23-16(11-28-20)13-3-6-17-14(9-13)7-8-27-17/h1-6,9,11H,7-8,10,21H2,(H,22,26)(H,23,24,25). The molecule has 1 aromatic heterocycles. The Bertz CT molecular complexity index is 1030. The topological polar surface area (TPSA) is 106 Å². The lowest BCUT2D eigenvalue weighted by Gasteiger charge is -2.05. The lowest BCUT2D eigenvalue weighted by atomic mass is 10.1. The summed E-state index contributed by atoms with van der Waals surface area (Å²) in [7, 11) is 0. The summed E-state index contributed by atoms with van der Waals surface area (Å²) in [6.07, 6.45) is 0.893. The minimum Gasteiger partial charge on any atom is -0.493 e. The first-order valence-electron chi connectivity index (χ1n) is 8.74. The molecule has 2 heterocycles. The Labute approximate surface area is 165 Å². The summed E-state index contributed by atoms with van der Waals surface area (Å²) >= 11 is 1.34. The largest absolute Gasteiger partial charge is 0.493 e. The van der Waals surface area contributed by atoms with Crippen molar-refractivity contribution in [1.29, 1.82) is 0 Å². The second-order valence-electron chi connectivity index (χ2n) is 6.31. The zero-order valence-electron chi connectivity index (χ0n) is 14.9. The number of nitrogens with two attached hydrogens (primary N) is 1. The van der Waals surface area contributed by atoms with Gasteiger partial charge in [0.15, 0.2) is 5.13 Å². The van der Waals surface area contributed by atoms with E-state index in [1.165, 1.54) is 16.9 Å². The van der Waals surface area contributed by atoms with Crippen LogP contribution < -0.4 is 21.1 Å². The minimum absolute atomic E-state index is 0.145. The summed E-state index contributed by atoms with van der Waals surface area (Å²) < 4.78 is 5.52. The van der Waals surface area contributed by atoms with Gasteiger partial charge in [0.1, 0.15) is 5.75 Å². The van der Waals surface area contributed by atoms with E-state index in [0.717, 1.165) is 23.4 Å². The normalized spacial score (nSPS) is 12.1. The summed E-state index contributed by atoms with van der Waals surface area (Å²) in [5.41, 5.74) is 9.56. The van der Waals surface area contributed by atoms with Crippen LogP contribution in [0.4, 0.5) is 10.8 Å². The molecule has 0 unspecified atom stereocenters. The quantitative estimate of drug-likeness (QED) is 0.577. The van der Waals surface area contributed by atoms with Gasteiger partial charge in [-0.2, -0.15) is 0 Å². The molecule has 1 aliphatic rings. The molecule has 3 aromatic rings. The summed E-state index contributed by atoms with van der Waals surface area (Å²) in [5.74, 6) is 0.242. The molecular formula is C20H18N4O3S. The predicted octanol–water partition coefficient (Wildman–Crippen LogP) is 2.70. The zero-order chi connectivity index (χ0) is 19.5. The molecule has 0 atom stereocenters. The van der Waals surface area contributed by atoms with E-state index >= 15 is 0 Å². The second-order valence-corrected chi connectivity index (χ2v) is 7.17. The van der Waals surface area contributed by atoms with Crippen molar-refractivity contribution in [3.8, 4) is 17.0 Å². The molecule has 28 heavy (non-hydrogen) atoms. The Hall–Kier alpha value is -3.39. The number of carbonyl (C=O) groups excluding carboxylic acids is 2. The van der Waals surface area contributed by atoms with Crippen LogP contribution in [-0.2, 0) is 11.2 Å². The molecule has 0 fully saturated rings. The van der Waals surface area contributed by atoms with Crippen molar-refractivity contribution in [3.63, 3.8) is 0 Å². The van der Waals surface area contributed by atoms with Gasteiger partial charge in [0.2, 0.25) is 5.91 Å². The number of fused-ring (bicyclic) bond motifs is 1. The maximum Gasteiger partial charge on any atom is 0.251 e. The van der Waals surface area contributed by atoms with Crippen molar-refractivity contribution in [2.45, 2.75) is 6.42 Å². The highest BCUT2D eigenvalue weighted by molar-refractivity contribution is 7.14. The van der Waals surface area contributed by atoms with E-state index in [4.69, 9.17) is 10.5 Å². The van der Waals surface area contributed by atoms with Crippen LogP contribution in [0.3, 0.4) is 0 Å². The highest BCUT2D eigenvalue weighted by Crippen LogP contribution is 2.31. The van der Waals surface area contributed by atoms with Crippen LogP contribution >= 0.6 is 11.3 Å². The molecule has 2 amide bonds. The fourth-order valence-corrected chi connectivity index (χ4v) is 3.61. The van der Waals surface area contributed by atoms with Gasteiger partial charge in [0.05, 0.1) is 18.8 Å². The molecule has 0 saturated heterocycles. The van der Waals surface area contributed by atoms with E-state index in [2.05, 4.69) is 21.7 Å². The Morgan fingerprint density at radius 3 is 2.82 bits per heavy atom. The second kappa shape index (κ2) is 7.69. The first-order chi connectivity index (χ1) is 13.6. The molecule has 142 valence electrons. The number of benzene rings is 2. The van der Waals surface area contributed by atoms with Crippen LogP contribution in [0.1, 0.15) is 15.9 Å². The molecule has 0 aliphatic carbocycles. The molecule has 7 nitrogen and oxygen atoms in total. The van der Waals surface area contributed by atoms with E-state index in [0.29, 0.717) is 23.0 Å². The number of nitrogen functional groups attached to an aromatic ring is 1. The average molecular weight is 394 g/mol. The van der Waals surface area contributed by atoms with Gasteiger partial charge in [-0.25, -0.2) is 4.98 Å². The molecule has 0 bridgehead atoms. The van der Waals surface area contributed by atoms with Crippen LogP contribution in [0.15, 0.2) is 47.8 Å². The number of nitrogens with zero attached hydrogens (tertiary/aromatic N) is 1. The van der Waals surface area contributed by atoms with Gasteiger partial charge in [-0.05, 0) is 48.0 Å². The van der Waals surface area contributed by atoms with Crippen LogP contribution in [0, 0.1) is 0 Å². The maximum atomic E-state index is 12.1. The van der Waals surface area contributed by atoms with Crippen molar-refractivity contribution in [2.75, 3.05) is 24.2 Å². The van der Waals surface area contributed by atoms with Gasteiger partial charge in [-0.15, -0.1) is 11.3 Å². The van der Waals surface area contributed by atoms with Crippen molar-refractivity contribution >= 4 is 34.0 Å². The van der Waals surface area contributed by atoms with Gasteiger partial charge >= 0.3 is 0 Å². The summed E-state index contributed by atoms with van der Waals surface area (Å²) in [4.78, 5) is 28.6. The van der Waals surface area contributed by atoms with Crippen LogP contribution in [0.2, 0.25) is 0 Å². The third-order valence-electron chi connectivity index (χ3n) is 4.32. The Morgan fingerprint density at radius 2 is 2.00 bits per heavy atom. The third kappa shape index (κ3) is 3.96. The lowest BCUT2D eigenvalue weighted by Crippen LogP contribution is -2.32. The average Bonchev–Trinajstić information content (AvgIpc) is 3.35. The zero-order valence-corrected chi connectivity index (χ0v) is 15.7. The molecule has 4 N–H and O–H groups in total. The molecule has 0 saturated carbocycles. The number of ether oxygens (including phenoxy) is 1. The van der Waals surface area contributed by atoms with Crippen LogP contribution in [-0.4, -0.2) is 29.9 Å². The molecular weight excluding hydrogens is 376 g/mol. The fourth-order valence-electron chi connectivity index (χ4n) is 2.87. The number of amides is 2. The Balaban J connectivity index is 1.34. The molecule has 0 spiro atoms. The summed E-state index contributed by atoms with van der Waals surface area (Å²) in [6, 6.07) is 12.5. The number of rotatable bonds is 5. The van der Waals surface area contributed by atoms with Gasteiger partial charge < -0.3 is 21.1 Å². The number of hydrogen-bond acceptors (Lipinski definition) is 6. The van der Waals surface area contributed by atoms with Crippen molar-refractivity contribution < 1.29 is 14.3 Å². The Kier molecular flexibility index (Phi) is 4.94. The maximum absolute atomic E-state index is 12.1. The monoisotopic (exact) mass is 394 g/mol. The third-order valence-corrected chi connectivity index (χ3v) is 5.08. The fraction of sp³-hybridized carbons (Fsp3) is 0.150. The van der Waals surface area contributed by atoms with Gasteiger partial charge in [0.25, 0.3) is 5.91 Å². The highest BCUT2D eigenvalue weighted by atomic mass is 32.1. The van der Waals surface area contributed by atoms with Gasteiger partial charge in [-0.1, -0.05) is 0 Å². The first-order valence-corrected chi connectivity index (χ1v) is 9.62. The summed E-state index contributed by atoms with van der Waals surface area (Å²) in [6.45, 7) is 0.563. The van der Waals surface area contributed by atoms with Gasteiger partial charge in [-0.3, -0.25) is 9.59 Å². The van der Waals surface area contributed by atoms with Gasteiger partial charge in [0, 0.05) is 28.6 Å². The highest BCUT2D eigenvalue weighted by Gasteiger charge is 2.15. The van der Waals surface area contributed by atoms with E-state index in [1.54, 1.807) is 24.3 Å². The molecule has 8 heteroatoms. The number of carbonyl (C=O) groups is 2. The van der Waals surface area contributed by atoms with E-state index < -0.39 is 0 Å². The smallest absolute Gasteiger partial charge is 0.251 e. The van der Waals surface area contributed by atoms with Crippen molar-refractivity contribution in [2.24, 2.45) is 0 Å². The number of anilines is 2. The van der Waals surface area contributed by atoms with E-state index in [9.17, 15) is 9.59 Å². The first kappa shape index (κ1) is 18.0. The molecule has 0 radical (unpaired) electrons.